The fourth-order valence-electron chi connectivity index (χ4n) is 1.26. The Balaban J connectivity index is 3.89. The van der Waals surface area contributed by atoms with Crippen LogP contribution in [0.5, 0.6) is 0 Å². The van der Waals surface area contributed by atoms with Crippen molar-refractivity contribution >= 4 is 17.7 Å². The van der Waals surface area contributed by atoms with Crippen LogP contribution >= 0.6 is 11.8 Å². The van der Waals surface area contributed by atoms with Gasteiger partial charge in [0.25, 0.3) is 0 Å². The Bertz CT molecular complexity index is 219. The Labute approximate surface area is 104 Å². The van der Waals surface area contributed by atoms with E-state index in [-0.39, 0.29) is 17.6 Å². The van der Waals surface area contributed by atoms with Gasteiger partial charge >= 0.3 is 12.1 Å². The second-order valence-corrected chi connectivity index (χ2v) is 4.93. The Hall–Kier alpha value is -0.390. The van der Waals surface area contributed by atoms with Crippen LogP contribution in [-0.4, -0.2) is 29.8 Å². The van der Waals surface area contributed by atoms with Gasteiger partial charge in [0.05, 0.1) is 6.61 Å². The molecule has 0 N–H and O–H groups in total. The minimum atomic E-state index is -4.11. The summed E-state index contributed by atoms with van der Waals surface area (Å²) in [7, 11) is 0. The first-order chi connectivity index (χ1) is 7.90. The van der Waals surface area contributed by atoms with Crippen LogP contribution in [0.2, 0.25) is 0 Å². The minimum absolute atomic E-state index is 0.0494. The molecule has 0 fully saturated rings. The highest BCUT2D eigenvalue weighted by molar-refractivity contribution is 8.00. The van der Waals surface area contributed by atoms with Crippen LogP contribution in [0.4, 0.5) is 13.2 Å². The number of hydrogen-bond donors (Lipinski definition) is 0. The predicted octanol–water partition coefficient (Wildman–Crippen LogP) is 3.79. The highest BCUT2D eigenvalue weighted by Gasteiger charge is 2.26. The summed E-state index contributed by atoms with van der Waals surface area (Å²) in [4.78, 5) is 11.5. The van der Waals surface area contributed by atoms with Crippen LogP contribution in [-0.2, 0) is 9.53 Å². The van der Waals surface area contributed by atoms with Gasteiger partial charge in [-0.25, -0.2) is 0 Å². The summed E-state index contributed by atoms with van der Waals surface area (Å²) in [5, 5.41) is -0.326. The van der Waals surface area contributed by atoms with Crippen LogP contribution < -0.4 is 0 Å². The molecule has 0 amide bonds. The maximum absolute atomic E-state index is 11.9. The summed E-state index contributed by atoms with van der Waals surface area (Å²) in [5.74, 6) is 0.0227. The molecule has 0 heterocycles. The van der Waals surface area contributed by atoms with Crippen molar-refractivity contribution in [3.63, 3.8) is 0 Å². The zero-order chi connectivity index (χ0) is 13.3. The second-order valence-electron chi connectivity index (χ2n) is 3.62. The van der Waals surface area contributed by atoms with E-state index in [4.69, 9.17) is 4.74 Å². The average molecular weight is 272 g/mol. The number of halogens is 3. The SMILES string of the molecule is CCCC(SCCCC(F)(F)F)C(=O)OCC. The maximum Gasteiger partial charge on any atom is 0.389 e. The zero-order valence-electron chi connectivity index (χ0n) is 10.2. The molecular weight excluding hydrogens is 253 g/mol. The highest BCUT2D eigenvalue weighted by Crippen LogP contribution is 2.25. The standard InChI is InChI=1S/C11H19F3O2S/c1-3-6-9(10(15)16-4-2)17-8-5-7-11(12,13)14/h9H,3-8H2,1-2H3. The number of esters is 1. The molecule has 0 radical (unpaired) electrons. The zero-order valence-corrected chi connectivity index (χ0v) is 11.0. The normalized spacial score (nSPS) is 13.5. The second kappa shape index (κ2) is 8.66. The number of alkyl halides is 3. The topological polar surface area (TPSA) is 26.3 Å². The Morgan fingerprint density at radius 2 is 2.00 bits per heavy atom. The van der Waals surface area contributed by atoms with Crippen molar-refractivity contribution < 1.29 is 22.7 Å². The molecule has 6 heteroatoms. The van der Waals surface area contributed by atoms with Gasteiger partial charge in [-0.15, -0.1) is 11.8 Å². The molecule has 1 unspecified atom stereocenters. The first-order valence-electron chi connectivity index (χ1n) is 5.75. The molecular formula is C11H19F3O2S. The first kappa shape index (κ1) is 16.6. The van der Waals surface area contributed by atoms with Gasteiger partial charge in [0.15, 0.2) is 0 Å². The van der Waals surface area contributed by atoms with E-state index < -0.39 is 12.6 Å². The van der Waals surface area contributed by atoms with Gasteiger partial charge in [-0.2, -0.15) is 13.2 Å². The average Bonchev–Trinajstić information content (AvgIpc) is 2.21. The summed E-state index contributed by atoms with van der Waals surface area (Å²) in [6.45, 7) is 3.96. The summed E-state index contributed by atoms with van der Waals surface area (Å²) < 4.78 is 40.6. The molecule has 0 aromatic heterocycles. The van der Waals surface area contributed by atoms with E-state index in [0.717, 1.165) is 6.42 Å². The molecule has 0 aliphatic rings. The van der Waals surface area contributed by atoms with Crippen LogP contribution in [0.15, 0.2) is 0 Å². The summed E-state index contributed by atoms with van der Waals surface area (Å²) in [6.07, 6.45) is -3.38. The molecule has 17 heavy (non-hydrogen) atoms. The number of carbonyl (C=O) groups is 1. The number of carbonyl (C=O) groups excluding carboxylic acids is 1. The van der Waals surface area contributed by atoms with E-state index in [1.54, 1.807) is 6.92 Å². The molecule has 0 aliphatic carbocycles. The van der Waals surface area contributed by atoms with Crippen molar-refractivity contribution in [1.82, 2.24) is 0 Å². The number of hydrogen-bond acceptors (Lipinski definition) is 3. The molecule has 2 nitrogen and oxygen atoms in total. The van der Waals surface area contributed by atoms with Crippen LogP contribution in [0.1, 0.15) is 39.5 Å². The molecule has 0 rings (SSSR count). The third kappa shape index (κ3) is 9.32. The van der Waals surface area contributed by atoms with Gasteiger partial charge < -0.3 is 4.74 Å². The van der Waals surface area contributed by atoms with Crippen molar-refractivity contribution in [2.75, 3.05) is 12.4 Å². The van der Waals surface area contributed by atoms with Crippen LogP contribution in [0.25, 0.3) is 0 Å². The number of ether oxygens (including phenoxy) is 1. The van der Waals surface area contributed by atoms with Gasteiger partial charge in [0.1, 0.15) is 5.25 Å². The lowest BCUT2D eigenvalue weighted by molar-refractivity contribution is -0.142. The third-order valence-electron chi connectivity index (χ3n) is 2.02. The third-order valence-corrected chi connectivity index (χ3v) is 3.38. The number of rotatable bonds is 8. The molecule has 0 aromatic carbocycles. The van der Waals surface area contributed by atoms with E-state index in [1.807, 2.05) is 6.92 Å². The molecule has 0 saturated heterocycles. The van der Waals surface area contributed by atoms with Crippen molar-refractivity contribution in [3.05, 3.63) is 0 Å². The molecule has 0 aromatic rings. The summed E-state index contributed by atoms with van der Waals surface area (Å²) in [6, 6.07) is 0. The molecule has 0 aliphatic heterocycles. The minimum Gasteiger partial charge on any atom is -0.465 e. The lowest BCUT2D eigenvalue weighted by atomic mass is 10.2. The Morgan fingerprint density at radius 1 is 1.35 bits per heavy atom. The molecule has 102 valence electrons. The van der Waals surface area contributed by atoms with Gasteiger partial charge in [0.2, 0.25) is 0 Å². The number of thioether (sulfide) groups is 1. The molecule has 0 saturated carbocycles. The predicted molar refractivity (Wildman–Crippen MR) is 63.1 cm³/mol. The van der Waals surface area contributed by atoms with Gasteiger partial charge in [-0.3, -0.25) is 4.79 Å². The lowest BCUT2D eigenvalue weighted by Gasteiger charge is -2.14. The Morgan fingerprint density at radius 3 is 2.47 bits per heavy atom. The summed E-state index contributed by atoms with van der Waals surface area (Å²) in [5.41, 5.74) is 0. The molecule has 1 atom stereocenters. The van der Waals surface area contributed by atoms with E-state index in [2.05, 4.69) is 0 Å². The summed E-state index contributed by atoms with van der Waals surface area (Å²) >= 11 is 1.26. The van der Waals surface area contributed by atoms with E-state index in [9.17, 15) is 18.0 Å². The molecule has 0 spiro atoms. The highest BCUT2D eigenvalue weighted by atomic mass is 32.2. The van der Waals surface area contributed by atoms with E-state index in [0.29, 0.717) is 18.8 Å². The molecule has 0 bridgehead atoms. The Kier molecular flexibility index (Phi) is 8.47. The lowest BCUT2D eigenvalue weighted by Crippen LogP contribution is -2.21. The fourth-order valence-corrected chi connectivity index (χ4v) is 2.47. The van der Waals surface area contributed by atoms with Gasteiger partial charge in [-0.1, -0.05) is 13.3 Å². The largest absolute Gasteiger partial charge is 0.465 e. The van der Waals surface area contributed by atoms with Crippen molar-refractivity contribution in [3.8, 4) is 0 Å². The van der Waals surface area contributed by atoms with Crippen molar-refractivity contribution in [2.45, 2.75) is 51.0 Å². The van der Waals surface area contributed by atoms with Crippen LogP contribution in [0, 0.1) is 0 Å². The van der Waals surface area contributed by atoms with Crippen LogP contribution in [0.3, 0.4) is 0 Å². The van der Waals surface area contributed by atoms with Gasteiger partial charge in [0, 0.05) is 6.42 Å². The fraction of sp³-hybridized carbons (Fsp3) is 0.909. The smallest absolute Gasteiger partial charge is 0.389 e. The van der Waals surface area contributed by atoms with Gasteiger partial charge in [-0.05, 0) is 25.5 Å². The van der Waals surface area contributed by atoms with Crippen molar-refractivity contribution in [1.29, 1.82) is 0 Å². The monoisotopic (exact) mass is 272 g/mol. The van der Waals surface area contributed by atoms with Crippen molar-refractivity contribution in [2.24, 2.45) is 0 Å². The maximum atomic E-state index is 11.9. The van der Waals surface area contributed by atoms with E-state index in [1.165, 1.54) is 11.8 Å². The first-order valence-corrected chi connectivity index (χ1v) is 6.80. The van der Waals surface area contributed by atoms with E-state index >= 15 is 0 Å². The quantitative estimate of drug-likeness (QED) is 0.496.